The van der Waals surface area contributed by atoms with E-state index in [0.29, 0.717) is 32.8 Å². The van der Waals surface area contributed by atoms with Gasteiger partial charge in [-0.1, -0.05) is 24.3 Å². The number of amides is 1. The predicted octanol–water partition coefficient (Wildman–Crippen LogP) is 3.41. The van der Waals surface area contributed by atoms with Crippen molar-refractivity contribution in [3.8, 4) is 0 Å². The Morgan fingerprint density at radius 2 is 2.00 bits per heavy atom. The SMILES string of the molecule is C=CCN(CCCN(CCOOC)c1ccccc1C)C(=O)OCC. The van der Waals surface area contributed by atoms with Crippen LogP contribution in [0, 0.1) is 6.92 Å². The van der Waals surface area contributed by atoms with E-state index >= 15 is 0 Å². The lowest BCUT2D eigenvalue weighted by atomic mass is 10.1. The van der Waals surface area contributed by atoms with Crippen LogP contribution >= 0.6 is 0 Å². The lowest BCUT2D eigenvalue weighted by Crippen LogP contribution is -2.36. The molecule has 0 unspecified atom stereocenters. The quantitative estimate of drug-likeness (QED) is 0.250. The van der Waals surface area contributed by atoms with Crippen LogP contribution < -0.4 is 4.90 Å². The zero-order chi connectivity index (χ0) is 18.5. The Morgan fingerprint density at radius 3 is 2.64 bits per heavy atom. The summed E-state index contributed by atoms with van der Waals surface area (Å²) in [6, 6.07) is 8.22. The summed E-state index contributed by atoms with van der Waals surface area (Å²) in [5, 5.41) is 0. The van der Waals surface area contributed by atoms with Gasteiger partial charge in [-0.3, -0.25) is 0 Å². The standard InChI is InChI=1S/C19H30N2O4/c1-5-12-21(19(22)24-6-2)14-9-13-20(15-16-25-23-4)18-11-8-7-10-17(18)3/h5,7-8,10-11H,1,6,9,12-16H2,2-4H3. The van der Waals surface area contributed by atoms with Crippen molar-refractivity contribution in [1.29, 1.82) is 0 Å². The Hall–Kier alpha value is -2.05. The van der Waals surface area contributed by atoms with E-state index in [4.69, 9.17) is 9.62 Å². The van der Waals surface area contributed by atoms with Gasteiger partial charge in [-0.05, 0) is 31.9 Å². The number of carbonyl (C=O) groups excluding carboxylic acids is 1. The summed E-state index contributed by atoms with van der Waals surface area (Å²) in [7, 11) is 1.50. The Kier molecular flexibility index (Phi) is 10.4. The number of benzene rings is 1. The maximum absolute atomic E-state index is 11.9. The highest BCUT2D eigenvalue weighted by molar-refractivity contribution is 5.67. The third-order valence-electron chi connectivity index (χ3n) is 3.75. The first-order chi connectivity index (χ1) is 12.1. The number of rotatable bonds is 12. The fourth-order valence-corrected chi connectivity index (χ4v) is 2.58. The van der Waals surface area contributed by atoms with E-state index in [2.05, 4.69) is 35.4 Å². The maximum atomic E-state index is 11.9. The summed E-state index contributed by atoms with van der Waals surface area (Å²) in [5.74, 6) is 0. The average Bonchev–Trinajstić information content (AvgIpc) is 2.60. The molecule has 0 N–H and O–H groups in total. The van der Waals surface area contributed by atoms with Gasteiger partial charge in [-0.2, -0.15) is 0 Å². The van der Waals surface area contributed by atoms with Gasteiger partial charge in [-0.15, -0.1) is 6.58 Å². The second-order valence-electron chi connectivity index (χ2n) is 5.55. The van der Waals surface area contributed by atoms with Crippen LogP contribution in [0.1, 0.15) is 18.9 Å². The Bertz CT molecular complexity index is 522. The molecule has 1 amide bonds. The van der Waals surface area contributed by atoms with E-state index in [1.165, 1.54) is 12.7 Å². The summed E-state index contributed by atoms with van der Waals surface area (Å²) in [6.45, 7) is 11.0. The lowest BCUT2D eigenvalue weighted by molar-refractivity contribution is -0.269. The maximum Gasteiger partial charge on any atom is 0.410 e. The second-order valence-corrected chi connectivity index (χ2v) is 5.55. The van der Waals surface area contributed by atoms with E-state index in [9.17, 15) is 4.79 Å². The third kappa shape index (κ3) is 7.58. The van der Waals surface area contributed by atoms with Crippen molar-refractivity contribution in [2.24, 2.45) is 0 Å². The normalized spacial score (nSPS) is 10.4. The summed E-state index contributed by atoms with van der Waals surface area (Å²) in [5.41, 5.74) is 2.36. The van der Waals surface area contributed by atoms with E-state index in [1.807, 2.05) is 12.1 Å². The number of para-hydroxylation sites is 1. The second kappa shape index (κ2) is 12.3. The highest BCUT2D eigenvalue weighted by atomic mass is 17.2. The minimum atomic E-state index is -0.299. The van der Waals surface area contributed by atoms with Crippen molar-refractivity contribution >= 4 is 11.8 Å². The van der Waals surface area contributed by atoms with Gasteiger partial charge in [-0.25, -0.2) is 14.6 Å². The minimum absolute atomic E-state index is 0.299. The van der Waals surface area contributed by atoms with Crippen LogP contribution in [0.3, 0.4) is 0 Å². The largest absolute Gasteiger partial charge is 0.450 e. The zero-order valence-electron chi connectivity index (χ0n) is 15.6. The summed E-state index contributed by atoms with van der Waals surface area (Å²) < 4.78 is 5.09. The van der Waals surface area contributed by atoms with Crippen molar-refractivity contribution in [2.45, 2.75) is 20.3 Å². The van der Waals surface area contributed by atoms with Crippen LogP contribution in [0.25, 0.3) is 0 Å². The number of hydrogen-bond acceptors (Lipinski definition) is 5. The number of nitrogens with zero attached hydrogens (tertiary/aromatic N) is 2. The average molecular weight is 350 g/mol. The van der Waals surface area contributed by atoms with E-state index in [-0.39, 0.29) is 6.09 Å². The zero-order valence-corrected chi connectivity index (χ0v) is 15.6. The first-order valence-corrected chi connectivity index (χ1v) is 8.62. The fourth-order valence-electron chi connectivity index (χ4n) is 2.58. The molecule has 6 heteroatoms. The van der Waals surface area contributed by atoms with Gasteiger partial charge in [0.05, 0.1) is 20.3 Å². The molecule has 0 bridgehead atoms. The van der Waals surface area contributed by atoms with Crippen molar-refractivity contribution in [3.05, 3.63) is 42.5 Å². The van der Waals surface area contributed by atoms with Crippen LogP contribution in [-0.2, 0) is 14.5 Å². The molecule has 0 saturated carbocycles. The monoisotopic (exact) mass is 350 g/mol. The lowest BCUT2D eigenvalue weighted by Gasteiger charge is -2.27. The minimum Gasteiger partial charge on any atom is -0.450 e. The van der Waals surface area contributed by atoms with Gasteiger partial charge in [0.15, 0.2) is 0 Å². The number of hydrogen-bond donors (Lipinski definition) is 0. The van der Waals surface area contributed by atoms with Gasteiger partial charge >= 0.3 is 6.09 Å². The number of carbonyl (C=O) groups is 1. The number of aryl methyl sites for hydroxylation is 1. The molecule has 0 aliphatic rings. The van der Waals surface area contributed by atoms with Crippen LogP contribution in [-0.4, -0.2) is 57.5 Å². The van der Waals surface area contributed by atoms with Gasteiger partial charge in [0, 0.05) is 31.9 Å². The smallest absolute Gasteiger partial charge is 0.410 e. The number of anilines is 1. The van der Waals surface area contributed by atoms with E-state index < -0.39 is 0 Å². The van der Waals surface area contributed by atoms with Crippen LogP contribution in [0.4, 0.5) is 10.5 Å². The molecular formula is C19H30N2O4. The molecule has 0 spiro atoms. The molecule has 1 rings (SSSR count). The number of ether oxygens (including phenoxy) is 1. The van der Waals surface area contributed by atoms with Crippen LogP contribution in [0.15, 0.2) is 36.9 Å². The van der Waals surface area contributed by atoms with E-state index in [0.717, 1.165) is 18.7 Å². The van der Waals surface area contributed by atoms with Crippen LogP contribution in [0.2, 0.25) is 0 Å². The summed E-state index contributed by atoms with van der Waals surface area (Å²) >= 11 is 0. The molecule has 0 heterocycles. The molecule has 25 heavy (non-hydrogen) atoms. The topological polar surface area (TPSA) is 51.2 Å². The molecule has 0 fully saturated rings. The predicted molar refractivity (Wildman–Crippen MR) is 99.8 cm³/mol. The fraction of sp³-hybridized carbons (Fsp3) is 0.526. The van der Waals surface area contributed by atoms with Crippen molar-refractivity contribution in [2.75, 3.05) is 51.4 Å². The highest BCUT2D eigenvalue weighted by Crippen LogP contribution is 2.19. The van der Waals surface area contributed by atoms with E-state index in [1.54, 1.807) is 17.9 Å². The first-order valence-electron chi connectivity index (χ1n) is 8.62. The van der Waals surface area contributed by atoms with Gasteiger partial charge in [0.2, 0.25) is 0 Å². The summed E-state index contributed by atoms with van der Waals surface area (Å²) in [4.78, 5) is 25.6. The molecule has 0 atom stereocenters. The molecular weight excluding hydrogens is 320 g/mol. The first kappa shape index (κ1) is 21.0. The van der Waals surface area contributed by atoms with Gasteiger partial charge in [0.25, 0.3) is 0 Å². The molecule has 0 aliphatic heterocycles. The molecule has 0 radical (unpaired) electrons. The molecule has 140 valence electrons. The Morgan fingerprint density at radius 1 is 1.24 bits per heavy atom. The third-order valence-corrected chi connectivity index (χ3v) is 3.75. The van der Waals surface area contributed by atoms with Gasteiger partial charge < -0.3 is 14.5 Å². The molecule has 0 aliphatic carbocycles. The van der Waals surface area contributed by atoms with Gasteiger partial charge in [0.1, 0.15) is 0 Å². The Balaban J connectivity index is 2.66. The molecule has 6 nitrogen and oxygen atoms in total. The molecule has 1 aromatic carbocycles. The van der Waals surface area contributed by atoms with Crippen molar-refractivity contribution in [3.63, 3.8) is 0 Å². The highest BCUT2D eigenvalue weighted by Gasteiger charge is 2.14. The van der Waals surface area contributed by atoms with Crippen LogP contribution in [0.5, 0.6) is 0 Å². The van der Waals surface area contributed by atoms with Crippen molar-refractivity contribution in [1.82, 2.24) is 4.90 Å². The molecule has 0 aromatic heterocycles. The molecule has 0 saturated heterocycles. The molecule has 1 aromatic rings. The Labute approximate surface area is 150 Å². The van der Waals surface area contributed by atoms with Crippen molar-refractivity contribution < 1.29 is 19.3 Å². The summed E-state index contributed by atoms with van der Waals surface area (Å²) in [6.07, 6.45) is 2.23.